The minimum Gasteiger partial charge on any atom is -0.488 e. The first-order chi connectivity index (χ1) is 15.6. The smallest absolute Gasteiger partial charge is 0.411 e. The third kappa shape index (κ3) is 4.45. The van der Waals surface area contributed by atoms with Crippen molar-refractivity contribution in [3.05, 3.63) is 34.4 Å². The van der Waals surface area contributed by atoms with Gasteiger partial charge in [0.2, 0.25) is 5.91 Å². The van der Waals surface area contributed by atoms with Gasteiger partial charge in [-0.15, -0.1) is 0 Å². The summed E-state index contributed by atoms with van der Waals surface area (Å²) in [7, 11) is 0. The van der Waals surface area contributed by atoms with E-state index in [9.17, 15) is 25.0 Å². The Kier molecular flexibility index (Phi) is 5.91. The second kappa shape index (κ2) is 8.54. The van der Waals surface area contributed by atoms with E-state index in [2.05, 4.69) is 6.07 Å². The van der Waals surface area contributed by atoms with Crippen molar-refractivity contribution in [2.45, 2.75) is 76.3 Å². The first kappa shape index (κ1) is 22.8. The Morgan fingerprint density at radius 3 is 2.52 bits per heavy atom. The van der Waals surface area contributed by atoms with E-state index in [0.717, 1.165) is 6.42 Å². The lowest BCUT2D eigenvalue weighted by Crippen LogP contribution is -2.59. The van der Waals surface area contributed by atoms with Crippen molar-refractivity contribution in [2.75, 3.05) is 6.54 Å². The summed E-state index contributed by atoms with van der Waals surface area (Å²) < 4.78 is 11.7. The number of likely N-dealkylation sites (tertiary alicyclic amines) is 2. The van der Waals surface area contributed by atoms with Crippen LogP contribution in [0.4, 0.5) is 10.5 Å². The molecule has 2 bridgehead atoms. The highest BCUT2D eigenvalue weighted by atomic mass is 16.6. The second-order valence-electron chi connectivity index (χ2n) is 9.86. The lowest BCUT2D eigenvalue weighted by atomic mass is 9.96. The molecule has 5 atom stereocenters. The Balaban J connectivity index is 1.56. The normalized spacial score (nSPS) is 28.5. The van der Waals surface area contributed by atoms with Crippen molar-refractivity contribution in [1.29, 1.82) is 5.26 Å². The molecule has 1 saturated carbocycles. The molecule has 10 heteroatoms. The fraction of sp³-hybridized carbons (Fsp3) is 0.609. The molecule has 10 nitrogen and oxygen atoms in total. The predicted molar refractivity (Wildman–Crippen MR) is 116 cm³/mol. The minimum absolute atomic E-state index is 0.0333. The molecular formula is C23H28N4O6. The van der Waals surface area contributed by atoms with Crippen LogP contribution in [-0.2, 0) is 9.53 Å². The molecule has 3 aliphatic rings. The molecule has 4 rings (SSSR count). The number of carbonyl (C=O) groups excluding carboxylic acids is 2. The van der Waals surface area contributed by atoms with Crippen LogP contribution in [0.25, 0.3) is 0 Å². The highest BCUT2D eigenvalue weighted by Gasteiger charge is 2.59. The van der Waals surface area contributed by atoms with Gasteiger partial charge in [-0.2, -0.15) is 5.26 Å². The van der Waals surface area contributed by atoms with E-state index < -0.39 is 28.7 Å². The van der Waals surface area contributed by atoms with E-state index >= 15 is 0 Å². The molecule has 1 aromatic carbocycles. The van der Waals surface area contributed by atoms with Crippen molar-refractivity contribution in [3.63, 3.8) is 0 Å². The zero-order valence-corrected chi connectivity index (χ0v) is 19.0. The predicted octanol–water partition coefficient (Wildman–Crippen LogP) is 3.25. The van der Waals surface area contributed by atoms with Gasteiger partial charge in [0.1, 0.15) is 29.5 Å². The molecule has 176 valence electrons. The number of amides is 2. The molecule has 0 radical (unpaired) electrons. The number of fused-ring (bicyclic) bond motifs is 2. The topological polar surface area (TPSA) is 126 Å². The summed E-state index contributed by atoms with van der Waals surface area (Å²) >= 11 is 0. The number of hydrogen-bond donors (Lipinski definition) is 0. The third-order valence-electron chi connectivity index (χ3n) is 6.49. The van der Waals surface area contributed by atoms with Crippen LogP contribution in [0.15, 0.2) is 24.3 Å². The van der Waals surface area contributed by atoms with Crippen LogP contribution < -0.4 is 4.74 Å². The van der Waals surface area contributed by atoms with Crippen molar-refractivity contribution in [1.82, 2.24) is 9.80 Å². The van der Waals surface area contributed by atoms with Gasteiger partial charge in [-0.3, -0.25) is 19.8 Å². The Morgan fingerprint density at radius 1 is 1.21 bits per heavy atom. The van der Waals surface area contributed by atoms with E-state index in [4.69, 9.17) is 9.47 Å². The molecule has 3 fully saturated rings. The number of hydrogen-bond acceptors (Lipinski definition) is 7. The van der Waals surface area contributed by atoms with E-state index in [1.165, 1.54) is 29.2 Å². The molecule has 1 aliphatic carbocycles. The van der Waals surface area contributed by atoms with Gasteiger partial charge in [-0.25, -0.2) is 4.79 Å². The summed E-state index contributed by atoms with van der Waals surface area (Å²) in [5.41, 5.74) is -0.765. The van der Waals surface area contributed by atoms with Crippen LogP contribution in [0.3, 0.4) is 0 Å². The molecule has 33 heavy (non-hydrogen) atoms. The monoisotopic (exact) mass is 456 g/mol. The van der Waals surface area contributed by atoms with Crippen molar-refractivity contribution < 1.29 is 24.0 Å². The summed E-state index contributed by atoms with van der Waals surface area (Å²) in [5.74, 6) is 0.151. The fourth-order valence-corrected chi connectivity index (χ4v) is 5.16. The Bertz CT molecular complexity index is 982. The second-order valence-corrected chi connectivity index (χ2v) is 9.86. The van der Waals surface area contributed by atoms with E-state index in [0.29, 0.717) is 31.6 Å². The minimum atomic E-state index is -0.732. The van der Waals surface area contributed by atoms with Gasteiger partial charge in [-0.05, 0) is 64.5 Å². The van der Waals surface area contributed by atoms with E-state index in [1.807, 2.05) is 0 Å². The number of carbonyl (C=O) groups is 2. The van der Waals surface area contributed by atoms with Gasteiger partial charge in [0.25, 0.3) is 5.69 Å². The highest BCUT2D eigenvalue weighted by Crippen LogP contribution is 2.46. The maximum atomic E-state index is 13.5. The molecule has 2 amide bonds. The van der Waals surface area contributed by atoms with Gasteiger partial charge >= 0.3 is 6.09 Å². The molecule has 0 N–H and O–H groups in total. The van der Waals surface area contributed by atoms with Crippen LogP contribution in [-0.4, -0.2) is 63.1 Å². The first-order valence-electron chi connectivity index (χ1n) is 11.2. The number of nitriles is 1. The number of piperidine rings is 1. The largest absolute Gasteiger partial charge is 0.488 e. The van der Waals surface area contributed by atoms with Gasteiger partial charge in [0, 0.05) is 18.7 Å². The lowest BCUT2D eigenvalue weighted by molar-refractivity contribution is -0.384. The number of benzene rings is 1. The third-order valence-corrected chi connectivity index (χ3v) is 6.49. The highest BCUT2D eigenvalue weighted by molar-refractivity contribution is 5.88. The standard InChI is InChI=1S/C23H28N4O6/c1-23(2,3)33-22(29)26-18-11-14(20(26)21(28)25-10-4-5-16(25)13-24)12-19(18)32-17-8-6-15(7-9-17)27(30)31/h6-9,14,16,18-20H,4-5,10-12H2,1-3H3/t14-,16-,18+,19+,20-/m0/s1. The summed E-state index contributed by atoms with van der Waals surface area (Å²) in [6, 6.07) is 6.49. The fourth-order valence-electron chi connectivity index (χ4n) is 5.16. The van der Waals surface area contributed by atoms with Crippen LogP contribution in [0, 0.1) is 27.4 Å². The zero-order chi connectivity index (χ0) is 23.9. The van der Waals surface area contributed by atoms with E-state index in [-0.39, 0.29) is 29.7 Å². The Morgan fingerprint density at radius 2 is 1.91 bits per heavy atom. The van der Waals surface area contributed by atoms with Crippen LogP contribution in [0.5, 0.6) is 5.75 Å². The van der Waals surface area contributed by atoms with Gasteiger partial charge in [-0.1, -0.05) is 0 Å². The molecule has 0 unspecified atom stereocenters. The summed E-state index contributed by atoms with van der Waals surface area (Å²) in [5, 5.41) is 20.3. The summed E-state index contributed by atoms with van der Waals surface area (Å²) in [6.45, 7) is 5.82. The Hall–Kier alpha value is -3.35. The molecule has 2 saturated heterocycles. The number of rotatable bonds is 4. The number of nitrogens with zero attached hydrogens (tertiary/aromatic N) is 4. The van der Waals surface area contributed by atoms with Gasteiger partial charge in [0.15, 0.2) is 0 Å². The SMILES string of the molecule is CC(C)(C)OC(=O)N1[C@@H]2C[C@@H](C[C@H]2Oc2ccc([N+](=O)[O-])cc2)[C@H]1C(=O)N1CCC[C@H]1C#N. The average Bonchev–Trinajstić information content (AvgIpc) is 3.46. The number of non-ortho nitro benzene ring substituents is 1. The number of nitro benzene ring substituents is 1. The maximum Gasteiger partial charge on any atom is 0.411 e. The van der Waals surface area contributed by atoms with Crippen molar-refractivity contribution >= 4 is 17.7 Å². The van der Waals surface area contributed by atoms with Crippen LogP contribution in [0.2, 0.25) is 0 Å². The molecule has 2 aliphatic heterocycles. The zero-order valence-electron chi connectivity index (χ0n) is 19.0. The van der Waals surface area contributed by atoms with Crippen molar-refractivity contribution in [3.8, 4) is 11.8 Å². The molecule has 0 spiro atoms. The summed E-state index contributed by atoms with van der Waals surface area (Å²) in [6.07, 6.45) is 1.64. The molecule has 1 aromatic rings. The summed E-state index contributed by atoms with van der Waals surface area (Å²) in [4.78, 5) is 40.2. The van der Waals surface area contributed by atoms with Gasteiger partial charge < -0.3 is 14.4 Å². The van der Waals surface area contributed by atoms with E-state index in [1.54, 1.807) is 25.7 Å². The maximum absolute atomic E-state index is 13.5. The molecular weight excluding hydrogens is 428 g/mol. The number of ether oxygens (including phenoxy) is 2. The Labute approximate surface area is 192 Å². The van der Waals surface area contributed by atoms with Gasteiger partial charge in [0.05, 0.1) is 17.0 Å². The first-order valence-corrected chi connectivity index (χ1v) is 11.2. The quantitative estimate of drug-likeness (QED) is 0.503. The lowest BCUT2D eigenvalue weighted by Gasteiger charge is -2.40. The van der Waals surface area contributed by atoms with Crippen LogP contribution in [0.1, 0.15) is 46.5 Å². The van der Waals surface area contributed by atoms with Crippen molar-refractivity contribution in [2.24, 2.45) is 5.92 Å². The van der Waals surface area contributed by atoms with Crippen LogP contribution >= 0.6 is 0 Å². The number of nitro groups is 1. The molecule has 0 aromatic heterocycles. The average molecular weight is 456 g/mol. The molecule has 2 heterocycles.